The fourth-order valence-corrected chi connectivity index (χ4v) is 2.63. The Kier molecular flexibility index (Phi) is 4.09. The second-order valence-electron chi connectivity index (χ2n) is 5.31. The van der Waals surface area contributed by atoms with E-state index in [4.69, 9.17) is 5.73 Å². The first-order valence-electron chi connectivity index (χ1n) is 6.53. The Hall–Kier alpha value is -1.26. The van der Waals surface area contributed by atoms with Crippen molar-refractivity contribution in [3.63, 3.8) is 0 Å². The van der Waals surface area contributed by atoms with Crippen molar-refractivity contribution in [3.05, 3.63) is 23.8 Å². The number of hydrogen-bond acceptors (Lipinski definition) is 4. The highest BCUT2D eigenvalue weighted by Gasteiger charge is 2.21. The Morgan fingerprint density at radius 2 is 1.83 bits per heavy atom. The highest BCUT2D eigenvalue weighted by Crippen LogP contribution is 2.27. The minimum Gasteiger partial charge on any atom is -0.504 e. The lowest BCUT2D eigenvalue weighted by atomic mass is 9.91. The van der Waals surface area contributed by atoms with Crippen molar-refractivity contribution in [1.82, 2.24) is 4.90 Å². The van der Waals surface area contributed by atoms with Gasteiger partial charge in [-0.1, -0.05) is 6.07 Å². The van der Waals surface area contributed by atoms with Gasteiger partial charge in [0.2, 0.25) is 0 Å². The van der Waals surface area contributed by atoms with Crippen molar-refractivity contribution in [3.8, 4) is 11.5 Å². The molecule has 2 rings (SSSR count). The highest BCUT2D eigenvalue weighted by molar-refractivity contribution is 5.40. The first kappa shape index (κ1) is 13.2. The van der Waals surface area contributed by atoms with Crippen LogP contribution >= 0.6 is 0 Å². The van der Waals surface area contributed by atoms with Crippen LogP contribution in [0.2, 0.25) is 0 Å². The lowest BCUT2D eigenvalue weighted by Gasteiger charge is -2.33. The predicted octanol–water partition coefficient (Wildman–Crippen LogP) is 1.80. The number of aromatic hydroxyl groups is 2. The largest absolute Gasteiger partial charge is 0.504 e. The zero-order valence-electron chi connectivity index (χ0n) is 10.8. The second-order valence-corrected chi connectivity index (χ2v) is 5.31. The molecule has 1 aromatic carbocycles. The van der Waals surface area contributed by atoms with E-state index in [2.05, 4.69) is 11.9 Å². The lowest BCUT2D eigenvalue weighted by molar-refractivity contribution is 0.176. The molecule has 0 unspecified atom stereocenters. The van der Waals surface area contributed by atoms with Gasteiger partial charge < -0.3 is 15.9 Å². The molecule has 0 aliphatic heterocycles. The normalized spacial score (nSPS) is 24.4. The Bertz CT molecular complexity index is 401. The van der Waals surface area contributed by atoms with Crippen molar-refractivity contribution in [1.29, 1.82) is 0 Å². The standard InChI is InChI=1S/C14H22N2O2/c1-16(12-5-3-11(15)4-6-12)9-10-2-7-13(17)14(18)8-10/h2,7-8,11-12,17-18H,3-6,9,15H2,1H3. The van der Waals surface area contributed by atoms with Crippen molar-refractivity contribution >= 4 is 0 Å². The van der Waals surface area contributed by atoms with Gasteiger partial charge in [0.15, 0.2) is 11.5 Å². The molecule has 0 radical (unpaired) electrons. The fourth-order valence-electron chi connectivity index (χ4n) is 2.63. The van der Waals surface area contributed by atoms with Gasteiger partial charge in [-0.3, -0.25) is 4.90 Å². The van der Waals surface area contributed by atoms with E-state index in [9.17, 15) is 10.2 Å². The molecule has 0 heterocycles. The van der Waals surface area contributed by atoms with Gasteiger partial charge in [-0.05, 0) is 50.4 Å². The van der Waals surface area contributed by atoms with Gasteiger partial charge in [-0.25, -0.2) is 0 Å². The molecular formula is C14H22N2O2. The van der Waals surface area contributed by atoms with Gasteiger partial charge in [0.1, 0.15) is 0 Å². The molecule has 100 valence electrons. The van der Waals surface area contributed by atoms with Gasteiger partial charge in [-0.2, -0.15) is 0 Å². The zero-order chi connectivity index (χ0) is 13.1. The number of nitrogens with two attached hydrogens (primary N) is 1. The molecule has 1 saturated carbocycles. The van der Waals surface area contributed by atoms with E-state index in [0.29, 0.717) is 12.1 Å². The maximum Gasteiger partial charge on any atom is 0.157 e. The van der Waals surface area contributed by atoms with Crippen LogP contribution in [-0.4, -0.2) is 34.2 Å². The van der Waals surface area contributed by atoms with E-state index >= 15 is 0 Å². The van der Waals surface area contributed by atoms with Crippen LogP contribution in [0.1, 0.15) is 31.2 Å². The van der Waals surface area contributed by atoms with Crippen molar-refractivity contribution in [2.75, 3.05) is 7.05 Å². The van der Waals surface area contributed by atoms with E-state index in [-0.39, 0.29) is 11.5 Å². The second kappa shape index (κ2) is 5.59. The fraction of sp³-hybridized carbons (Fsp3) is 0.571. The molecule has 1 aliphatic rings. The highest BCUT2D eigenvalue weighted by atomic mass is 16.3. The van der Waals surface area contributed by atoms with Crippen LogP contribution in [0, 0.1) is 0 Å². The molecule has 0 aromatic heterocycles. The Morgan fingerprint density at radius 1 is 1.17 bits per heavy atom. The molecule has 0 bridgehead atoms. The molecule has 0 saturated heterocycles. The molecular weight excluding hydrogens is 228 g/mol. The third-order valence-electron chi connectivity index (χ3n) is 3.84. The van der Waals surface area contributed by atoms with Crippen LogP contribution < -0.4 is 5.73 Å². The summed E-state index contributed by atoms with van der Waals surface area (Å²) in [4.78, 5) is 2.30. The van der Waals surface area contributed by atoms with Crippen LogP contribution in [0.3, 0.4) is 0 Å². The van der Waals surface area contributed by atoms with Crippen LogP contribution in [-0.2, 0) is 6.54 Å². The number of hydrogen-bond donors (Lipinski definition) is 3. The maximum atomic E-state index is 9.47. The monoisotopic (exact) mass is 250 g/mol. The van der Waals surface area contributed by atoms with Crippen molar-refractivity contribution < 1.29 is 10.2 Å². The number of phenolic OH excluding ortho intramolecular Hbond substituents is 2. The third-order valence-corrected chi connectivity index (χ3v) is 3.84. The molecule has 4 N–H and O–H groups in total. The Balaban J connectivity index is 1.94. The average molecular weight is 250 g/mol. The maximum absolute atomic E-state index is 9.47. The molecule has 4 nitrogen and oxygen atoms in total. The van der Waals surface area contributed by atoms with Crippen molar-refractivity contribution in [2.45, 2.75) is 44.3 Å². The number of benzene rings is 1. The van der Waals surface area contributed by atoms with E-state index in [1.807, 2.05) is 6.07 Å². The molecule has 1 aliphatic carbocycles. The Morgan fingerprint density at radius 3 is 2.44 bits per heavy atom. The van der Waals surface area contributed by atoms with Gasteiger partial charge in [-0.15, -0.1) is 0 Å². The van der Waals surface area contributed by atoms with Gasteiger partial charge in [0.05, 0.1) is 0 Å². The molecule has 0 atom stereocenters. The first-order chi connectivity index (χ1) is 8.56. The number of rotatable bonds is 3. The Labute approximate surface area is 108 Å². The van der Waals surface area contributed by atoms with E-state index in [0.717, 1.165) is 37.8 Å². The molecule has 1 aromatic rings. The summed E-state index contributed by atoms with van der Waals surface area (Å²) in [5.74, 6) is -0.114. The van der Waals surface area contributed by atoms with Crippen LogP contribution in [0.25, 0.3) is 0 Å². The van der Waals surface area contributed by atoms with Crippen LogP contribution in [0.5, 0.6) is 11.5 Å². The zero-order valence-corrected chi connectivity index (χ0v) is 10.8. The summed E-state index contributed by atoms with van der Waals surface area (Å²) >= 11 is 0. The van der Waals surface area contributed by atoms with Crippen molar-refractivity contribution in [2.24, 2.45) is 5.73 Å². The molecule has 18 heavy (non-hydrogen) atoms. The van der Waals surface area contributed by atoms with Gasteiger partial charge in [0.25, 0.3) is 0 Å². The summed E-state index contributed by atoms with van der Waals surface area (Å²) in [6.45, 7) is 0.785. The lowest BCUT2D eigenvalue weighted by Crippen LogP contribution is -2.38. The number of nitrogens with zero attached hydrogens (tertiary/aromatic N) is 1. The van der Waals surface area contributed by atoms with Crippen LogP contribution in [0.15, 0.2) is 18.2 Å². The third kappa shape index (κ3) is 3.15. The minimum atomic E-state index is -0.0648. The SMILES string of the molecule is CN(Cc1ccc(O)c(O)c1)C1CCC(N)CC1. The predicted molar refractivity (Wildman–Crippen MR) is 71.5 cm³/mol. The first-order valence-corrected chi connectivity index (χ1v) is 6.53. The summed E-state index contributed by atoms with van der Waals surface area (Å²) in [5.41, 5.74) is 6.92. The van der Waals surface area contributed by atoms with E-state index in [1.165, 1.54) is 6.07 Å². The van der Waals surface area contributed by atoms with Gasteiger partial charge in [0, 0.05) is 18.6 Å². The summed E-state index contributed by atoms with van der Waals surface area (Å²) in [7, 11) is 2.10. The molecule has 1 fully saturated rings. The topological polar surface area (TPSA) is 69.7 Å². The number of phenols is 2. The summed E-state index contributed by atoms with van der Waals surface area (Å²) in [5, 5.41) is 18.8. The molecule has 0 amide bonds. The molecule has 0 spiro atoms. The molecule has 4 heteroatoms. The smallest absolute Gasteiger partial charge is 0.157 e. The van der Waals surface area contributed by atoms with Gasteiger partial charge >= 0.3 is 0 Å². The average Bonchev–Trinajstić information content (AvgIpc) is 2.34. The van der Waals surface area contributed by atoms with E-state index in [1.54, 1.807) is 6.07 Å². The van der Waals surface area contributed by atoms with Crippen LogP contribution in [0.4, 0.5) is 0 Å². The summed E-state index contributed by atoms with van der Waals surface area (Å²) < 4.78 is 0. The summed E-state index contributed by atoms with van der Waals surface area (Å²) in [6, 6.07) is 5.95. The van der Waals surface area contributed by atoms with E-state index < -0.39 is 0 Å². The quantitative estimate of drug-likeness (QED) is 0.715. The minimum absolute atomic E-state index is 0.0495. The summed E-state index contributed by atoms with van der Waals surface area (Å²) in [6.07, 6.45) is 4.47.